The lowest BCUT2D eigenvalue weighted by Gasteiger charge is -2.35. The Bertz CT molecular complexity index is 1570. The van der Waals surface area contributed by atoms with Crippen LogP contribution in [0.4, 0.5) is 4.79 Å². The molecule has 1 N–H and O–H groups in total. The molecule has 0 saturated carbocycles. The Kier molecular flexibility index (Phi) is 7.56. The molecule has 1 aromatic heterocycles. The van der Waals surface area contributed by atoms with E-state index in [2.05, 4.69) is 4.98 Å². The Morgan fingerprint density at radius 2 is 1.68 bits per heavy atom. The molecule has 0 aliphatic carbocycles. The molecule has 7 nitrogen and oxygen atoms in total. The summed E-state index contributed by atoms with van der Waals surface area (Å²) < 4.78 is 34.1. The zero-order chi connectivity index (χ0) is 26.9. The highest BCUT2D eigenvalue weighted by molar-refractivity contribution is 7.90. The number of halogens is 2. The number of rotatable bonds is 7. The third-order valence-electron chi connectivity index (χ3n) is 6.47. The fourth-order valence-corrected chi connectivity index (χ4v) is 5.66. The van der Waals surface area contributed by atoms with Gasteiger partial charge in [-0.3, -0.25) is 4.90 Å². The van der Waals surface area contributed by atoms with E-state index in [1.54, 1.807) is 29.2 Å². The smallest absolute Gasteiger partial charge is 0.416 e. The predicted molar refractivity (Wildman–Crippen MR) is 149 cm³/mol. The molecule has 1 unspecified atom stereocenters. The monoisotopic (exact) mass is 572 g/mol. The van der Waals surface area contributed by atoms with Crippen LogP contribution in [0, 0.1) is 0 Å². The summed E-state index contributed by atoms with van der Waals surface area (Å²) in [4.78, 5) is 18.6. The first-order valence-electron chi connectivity index (χ1n) is 12.1. The van der Waals surface area contributed by atoms with Crippen molar-refractivity contribution in [1.82, 2.24) is 9.88 Å². The lowest BCUT2D eigenvalue weighted by Crippen LogP contribution is -2.42. The van der Waals surface area contributed by atoms with E-state index in [1.807, 2.05) is 42.5 Å². The topological polar surface area (TPSA) is 88.7 Å². The number of amides is 1. The van der Waals surface area contributed by atoms with Crippen molar-refractivity contribution in [2.45, 2.75) is 18.9 Å². The van der Waals surface area contributed by atoms with Crippen LogP contribution in [0.1, 0.15) is 29.3 Å². The van der Waals surface area contributed by atoms with Crippen LogP contribution in [0.2, 0.25) is 10.0 Å². The molecular weight excluding hydrogens is 547 g/mol. The normalized spacial score (nSPS) is 15.3. The van der Waals surface area contributed by atoms with Gasteiger partial charge in [0.1, 0.15) is 27.4 Å². The number of aromatic amines is 1. The first-order valence-corrected chi connectivity index (χ1v) is 14.9. The van der Waals surface area contributed by atoms with Crippen molar-refractivity contribution in [3.63, 3.8) is 0 Å². The van der Waals surface area contributed by atoms with E-state index in [0.717, 1.165) is 27.7 Å². The maximum atomic E-state index is 13.4. The number of hydrogen-bond acceptors (Lipinski definition) is 5. The molecule has 10 heteroatoms. The van der Waals surface area contributed by atoms with Crippen LogP contribution in [0.5, 0.6) is 11.5 Å². The van der Waals surface area contributed by atoms with Crippen molar-refractivity contribution in [2.75, 3.05) is 25.2 Å². The minimum Gasteiger partial charge on any atom is -0.494 e. The minimum absolute atomic E-state index is 0.0744. The van der Waals surface area contributed by atoms with Gasteiger partial charge >= 0.3 is 6.09 Å². The molecule has 198 valence electrons. The van der Waals surface area contributed by atoms with E-state index in [1.165, 1.54) is 6.26 Å². The Balaban J connectivity index is 1.44. The van der Waals surface area contributed by atoms with Gasteiger partial charge in [-0.15, -0.1) is 0 Å². The van der Waals surface area contributed by atoms with Gasteiger partial charge in [0.2, 0.25) is 0 Å². The summed E-state index contributed by atoms with van der Waals surface area (Å²) in [6.07, 6.45) is 1.79. The second-order valence-electron chi connectivity index (χ2n) is 9.28. The quantitative estimate of drug-likeness (QED) is 0.257. The second-order valence-corrected chi connectivity index (χ2v) is 12.4. The van der Waals surface area contributed by atoms with Gasteiger partial charge in [-0.1, -0.05) is 35.3 Å². The zero-order valence-electron chi connectivity index (χ0n) is 20.6. The first kappa shape index (κ1) is 26.4. The molecule has 3 aromatic carbocycles. The van der Waals surface area contributed by atoms with Crippen molar-refractivity contribution < 1.29 is 22.7 Å². The van der Waals surface area contributed by atoms with E-state index < -0.39 is 22.0 Å². The Hall–Kier alpha value is -3.20. The number of nitrogens with zero attached hydrogens (tertiary/aromatic N) is 1. The molecule has 1 aliphatic rings. The van der Waals surface area contributed by atoms with Crippen LogP contribution in [0.25, 0.3) is 10.9 Å². The first-order chi connectivity index (χ1) is 18.2. The van der Waals surface area contributed by atoms with Crippen molar-refractivity contribution in [3.05, 3.63) is 93.6 Å². The predicted octanol–water partition coefficient (Wildman–Crippen LogP) is 6.43. The van der Waals surface area contributed by atoms with Crippen LogP contribution >= 0.6 is 23.2 Å². The molecular formula is C28H26Cl2N2O5S. The highest BCUT2D eigenvalue weighted by Crippen LogP contribution is 2.40. The van der Waals surface area contributed by atoms with Gasteiger partial charge in [-0.25, -0.2) is 13.2 Å². The number of benzene rings is 3. The number of H-pyrrole nitrogens is 1. The SMILES string of the molecule is CS(=O)(=O)CCCOc1ccc(C2c3[nH]c4ccc(Cl)cc4c3CCN2C(=O)Oc2ccc(Cl)cc2)cc1. The summed E-state index contributed by atoms with van der Waals surface area (Å²) in [6, 6.07) is 19.4. The van der Waals surface area contributed by atoms with Crippen LogP contribution in [0.3, 0.4) is 0 Å². The fourth-order valence-electron chi connectivity index (χ4n) is 4.72. The summed E-state index contributed by atoms with van der Waals surface area (Å²) in [7, 11) is -3.03. The van der Waals surface area contributed by atoms with Crippen molar-refractivity contribution in [3.8, 4) is 11.5 Å². The number of fused-ring (bicyclic) bond motifs is 3. The summed E-state index contributed by atoms with van der Waals surface area (Å²) in [5.74, 6) is 1.10. The molecule has 5 rings (SSSR count). The summed E-state index contributed by atoms with van der Waals surface area (Å²) >= 11 is 12.3. The van der Waals surface area contributed by atoms with Gasteiger partial charge in [0.25, 0.3) is 0 Å². The van der Waals surface area contributed by atoms with E-state index in [4.69, 9.17) is 32.7 Å². The van der Waals surface area contributed by atoms with Gasteiger partial charge in [-0.2, -0.15) is 0 Å². The molecule has 0 fully saturated rings. The zero-order valence-corrected chi connectivity index (χ0v) is 22.9. The number of carbonyl (C=O) groups is 1. The molecule has 1 atom stereocenters. The third-order valence-corrected chi connectivity index (χ3v) is 7.98. The average Bonchev–Trinajstić information content (AvgIpc) is 3.25. The highest BCUT2D eigenvalue weighted by Gasteiger charge is 2.35. The van der Waals surface area contributed by atoms with Crippen LogP contribution in [0.15, 0.2) is 66.7 Å². The minimum atomic E-state index is -3.03. The Labute approximate surface area is 231 Å². The summed E-state index contributed by atoms with van der Waals surface area (Å²) in [6.45, 7) is 0.746. The molecule has 38 heavy (non-hydrogen) atoms. The Morgan fingerprint density at radius 1 is 1.00 bits per heavy atom. The van der Waals surface area contributed by atoms with Crippen LogP contribution in [-0.2, 0) is 16.3 Å². The molecule has 0 radical (unpaired) electrons. The molecule has 1 amide bonds. The lowest BCUT2D eigenvalue weighted by atomic mass is 9.92. The molecule has 2 heterocycles. The number of nitrogens with one attached hydrogen (secondary N) is 1. The van der Waals surface area contributed by atoms with Crippen LogP contribution < -0.4 is 9.47 Å². The van der Waals surface area contributed by atoms with E-state index >= 15 is 0 Å². The summed E-state index contributed by atoms with van der Waals surface area (Å²) in [5, 5.41) is 2.24. The van der Waals surface area contributed by atoms with Gasteiger partial charge in [0, 0.05) is 39.4 Å². The maximum Gasteiger partial charge on any atom is 0.416 e. The van der Waals surface area contributed by atoms with Crippen molar-refractivity contribution in [2.24, 2.45) is 0 Å². The molecule has 0 saturated heterocycles. The Morgan fingerprint density at radius 3 is 2.39 bits per heavy atom. The van der Waals surface area contributed by atoms with E-state index in [0.29, 0.717) is 47.5 Å². The number of carbonyl (C=O) groups excluding carboxylic acids is 1. The number of ether oxygens (including phenoxy) is 2. The van der Waals surface area contributed by atoms with Crippen LogP contribution in [-0.4, -0.2) is 49.6 Å². The summed E-state index contributed by atoms with van der Waals surface area (Å²) in [5.41, 5.74) is 3.84. The third kappa shape index (κ3) is 5.93. The second kappa shape index (κ2) is 10.9. The molecule has 1 aliphatic heterocycles. The lowest BCUT2D eigenvalue weighted by molar-refractivity contribution is 0.135. The molecule has 0 spiro atoms. The van der Waals surface area contributed by atoms with E-state index in [9.17, 15) is 13.2 Å². The standard InChI is InChI=1S/C28H26Cl2N2O5S/c1-38(34,35)16-2-15-36-21-8-3-18(4-9-21)27-26-23(24-17-20(30)7-12-25(24)31-26)13-14-32(27)28(33)37-22-10-5-19(29)6-11-22/h3-12,17,27,31H,2,13-16H2,1H3. The van der Waals surface area contributed by atoms with Crippen molar-refractivity contribution >= 4 is 50.0 Å². The average molecular weight is 573 g/mol. The van der Waals surface area contributed by atoms with Gasteiger partial charge < -0.3 is 14.5 Å². The van der Waals surface area contributed by atoms with Gasteiger partial charge in [0.15, 0.2) is 0 Å². The number of aromatic nitrogens is 1. The fraction of sp³-hybridized carbons (Fsp3) is 0.250. The molecule has 4 aromatic rings. The van der Waals surface area contributed by atoms with Crippen molar-refractivity contribution in [1.29, 1.82) is 0 Å². The largest absolute Gasteiger partial charge is 0.494 e. The number of hydrogen-bond donors (Lipinski definition) is 1. The van der Waals surface area contributed by atoms with E-state index in [-0.39, 0.29) is 5.75 Å². The van der Waals surface area contributed by atoms with Gasteiger partial charge in [0.05, 0.1) is 12.4 Å². The van der Waals surface area contributed by atoms with Gasteiger partial charge in [-0.05, 0) is 78.6 Å². The maximum absolute atomic E-state index is 13.4. The number of sulfone groups is 1. The highest BCUT2D eigenvalue weighted by atomic mass is 35.5. The molecule has 0 bridgehead atoms.